The largest absolute Gasteiger partial charge is 0.486 e. The van der Waals surface area contributed by atoms with Crippen molar-refractivity contribution in [3.63, 3.8) is 0 Å². The zero-order valence-corrected chi connectivity index (χ0v) is 19.8. The van der Waals surface area contributed by atoms with E-state index < -0.39 is 23.4 Å². The molecule has 35 heavy (non-hydrogen) atoms. The minimum atomic E-state index is -1.07. The summed E-state index contributed by atoms with van der Waals surface area (Å²) in [6, 6.07) is 15.1. The standard InChI is InChI=1S/C26H30N4O5/c1-26(12-11-18-6-3-2-4-7-18)24(32)30(25(33)27-26)28-23(31)17-29-13-5-8-20(29)19-9-10-21-22(16-19)35-15-14-34-21/h2-4,6-7,9-10,16,20H,5,8,11-15,17H2,1H3,(H,27,33)(H,28,31). The molecule has 0 aliphatic carbocycles. The van der Waals surface area contributed by atoms with E-state index in [4.69, 9.17) is 9.47 Å². The molecule has 0 radical (unpaired) electrons. The Morgan fingerprint density at radius 1 is 1.11 bits per heavy atom. The number of nitrogens with zero attached hydrogens (tertiary/aromatic N) is 2. The molecule has 0 bridgehead atoms. The molecule has 3 heterocycles. The second-order valence-corrected chi connectivity index (χ2v) is 9.45. The highest BCUT2D eigenvalue weighted by Crippen LogP contribution is 2.37. The number of hydrogen-bond donors (Lipinski definition) is 2. The molecule has 9 heteroatoms. The molecule has 2 fully saturated rings. The molecule has 2 N–H and O–H groups in total. The summed E-state index contributed by atoms with van der Waals surface area (Å²) in [6.07, 6.45) is 2.93. The average Bonchev–Trinajstić information content (AvgIpc) is 3.41. The van der Waals surface area contributed by atoms with Gasteiger partial charge in [0.15, 0.2) is 11.5 Å². The molecule has 0 spiro atoms. The third-order valence-corrected chi connectivity index (χ3v) is 6.92. The van der Waals surface area contributed by atoms with Crippen LogP contribution < -0.4 is 20.2 Å². The van der Waals surface area contributed by atoms with E-state index in [1.807, 2.05) is 48.5 Å². The first-order valence-electron chi connectivity index (χ1n) is 12.1. The number of nitrogens with one attached hydrogen (secondary N) is 2. The normalized spacial score (nSPS) is 23.9. The van der Waals surface area contributed by atoms with Crippen LogP contribution in [0.4, 0.5) is 4.79 Å². The van der Waals surface area contributed by atoms with Crippen LogP contribution in [-0.4, -0.2) is 59.6 Å². The van der Waals surface area contributed by atoms with Crippen molar-refractivity contribution >= 4 is 17.8 Å². The Kier molecular flexibility index (Phi) is 6.34. The van der Waals surface area contributed by atoms with Crippen LogP contribution in [0, 0.1) is 0 Å². The van der Waals surface area contributed by atoms with Gasteiger partial charge in [0.2, 0.25) is 0 Å². The molecule has 3 aliphatic heterocycles. The molecule has 2 aromatic rings. The minimum absolute atomic E-state index is 0.0517. The minimum Gasteiger partial charge on any atom is -0.486 e. The Bertz CT molecular complexity index is 1120. The van der Waals surface area contributed by atoms with Crippen molar-refractivity contribution in [2.75, 3.05) is 26.3 Å². The number of aryl methyl sites for hydroxylation is 1. The van der Waals surface area contributed by atoms with Gasteiger partial charge in [-0.25, -0.2) is 4.79 Å². The lowest BCUT2D eigenvalue weighted by molar-refractivity contribution is -0.139. The monoisotopic (exact) mass is 478 g/mol. The first-order valence-corrected chi connectivity index (χ1v) is 12.1. The molecule has 2 atom stereocenters. The molecule has 2 aromatic carbocycles. The Balaban J connectivity index is 1.20. The first-order chi connectivity index (χ1) is 16.9. The molecule has 0 aromatic heterocycles. The summed E-state index contributed by atoms with van der Waals surface area (Å²) < 4.78 is 11.3. The van der Waals surface area contributed by atoms with Crippen LogP contribution in [0.25, 0.3) is 0 Å². The number of hydrazine groups is 1. The second-order valence-electron chi connectivity index (χ2n) is 9.45. The van der Waals surface area contributed by atoms with Crippen LogP contribution >= 0.6 is 0 Å². The van der Waals surface area contributed by atoms with Gasteiger partial charge in [0.1, 0.15) is 18.8 Å². The topological polar surface area (TPSA) is 100 Å². The van der Waals surface area contributed by atoms with Gasteiger partial charge in [0.05, 0.1) is 6.54 Å². The molecule has 4 amide bonds. The van der Waals surface area contributed by atoms with Crippen LogP contribution in [-0.2, 0) is 16.0 Å². The van der Waals surface area contributed by atoms with Gasteiger partial charge in [-0.2, -0.15) is 5.01 Å². The first kappa shape index (κ1) is 23.2. The number of urea groups is 1. The Morgan fingerprint density at radius 3 is 2.69 bits per heavy atom. The highest BCUT2D eigenvalue weighted by molar-refractivity contribution is 6.07. The molecular formula is C26H30N4O5. The molecule has 2 unspecified atom stereocenters. The maximum atomic E-state index is 13.0. The van der Waals surface area contributed by atoms with Crippen molar-refractivity contribution in [3.05, 3.63) is 59.7 Å². The highest BCUT2D eigenvalue weighted by Gasteiger charge is 2.48. The molecule has 0 saturated carbocycles. The number of carbonyl (C=O) groups is 3. The molecule has 184 valence electrons. The van der Waals surface area contributed by atoms with E-state index in [0.29, 0.717) is 26.1 Å². The smallest absolute Gasteiger partial charge is 0.344 e. The number of benzene rings is 2. The predicted molar refractivity (Wildman–Crippen MR) is 128 cm³/mol. The molecule has 5 rings (SSSR count). The second kappa shape index (κ2) is 9.58. The lowest BCUT2D eigenvalue weighted by atomic mass is 9.93. The van der Waals surface area contributed by atoms with Crippen molar-refractivity contribution in [1.82, 2.24) is 20.7 Å². The van der Waals surface area contributed by atoms with E-state index >= 15 is 0 Å². The molecular weight excluding hydrogens is 448 g/mol. The number of rotatable bonds is 7. The Hall–Kier alpha value is -3.59. The van der Waals surface area contributed by atoms with Gasteiger partial charge < -0.3 is 14.8 Å². The number of fused-ring (bicyclic) bond motifs is 1. The summed E-state index contributed by atoms with van der Waals surface area (Å²) >= 11 is 0. The number of hydrogen-bond acceptors (Lipinski definition) is 6. The molecule has 3 aliphatic rings. The van der Waals surface area contributed by atoms with Gasteiger partial charge in [0.25, 0.3) is 11.8 Å². The van der Waals surface area contributed by atoms with Gasteiger partial charge in [-0.05, 0) is 62.4 Å². The van der Waals surface area contributed by atoms with Crippen LogP contribution in [0.2, 0.25) is 0 Å². The van der Waals surface area contributed by atoms with E-state index in [2.05, 4.69) is 15.6 Å². The van der Waals surface area contributed by atoms with Crippen LogP contribution in [0.5, 0.6) is 11.5 Å². The van der Waals surface area contributed by atoms with E-state index in [-0.39, 0.29) is 12.6 Å². The van der Waals surface area contributed by atoms with E-state index in [0.717, 1.165) is 47.0 Å². The van der Waals surface area contributed by atoms with Gasteiger partial charge in [-0.1, -0.05) is 36.4 Å². The van der Waals surface area contributed by atoms with Crippen molar-refractivity contribution in [3.8, 4) is 11.5 Å². The van der Waals surface area contributed by atoms with E-state index in [1.165, 1.54) is 0 Å². The predicted octanol–water partition coefficient (Wildman–Crippen LogP) is 2.57. The SMILES string of the molecule is CC1(CCc2ccccc2)NC(=O)N(NC(=O)CN2CCCC2c2ccc3c(c2)OCCO3)C1=O. The number of amides is 4. The average molecular weight is 479 g/mol. The summed E-state index contributed by atoms with van der Waals surface area (Å²) in [4.78, 5) is 40.5. The lowest BCUT2D eigenvalue weighted by Gasteiger charge is -2.27. The van der Waals surface area contributed by atoms with Crippen molar-refractivity contribution in [1.29, 1.82) is 0 Å². The van der Waals surface area contributed by atoms with Crippen molar-refractivity contribution in [2.24, 2.45) is 0 Å². The maximum Gasteiger partial charge on any atom is 0.344 e. The highest BCUT2D eigenvalue weighted by atomic mass is 16.6. The van der Waals surface area contributed by atoms with Gasteiger partial charge in [-0.15, -0.1) is 0 Å². The summed E-state index contributed by atoms with van der Waals surface area (Å²) in [5, 5.41) is 3.57. The Labute approximate surface area is 204 Å². The third kappa shape index (κ3) is 4.81. The van der Waals surface area contributed by atoms with E-state index in [9.17, 15) is 14.4 Å². The van der Waals surface area contributed by atoms with E-state index in [1.54, 1.807) is 6.92 Å². The summed E-state index contributed by atoms with van der Waals surface area (Å²) in [6.45, 7) is 3.58. The molecule has 9 nitrogen and oxygen atoms in total. The number of imide groups is 1. The maximum absolute atomic E-state index is 13.0. The van der Waals surface area contributed by atoms with Gasteiger partial charge >= 0.3 is 6.03 Å². The zero-order valence-electron chi connectivity index (χ0n) is 19.8. The third-order valence-electron chi connectivity index (χ3n) is 6.92. The van der Waals surface area contributed by atoms with Crippen molar-refractivity contribution < 1.29 is 23.9 Å². The fraction of sp³-hybridized carbons (Fsp3) is 0.423. The van der Waals surface area contributed by atoms with Gasteiger partial charge in [0, 0.05) is 6.04 Å². The fourth-order valence-electron chi connectivity index (χ4n) is 5.00. The lowest BCUT2D eigenvalue weighted by Crippen LogP contribution is -2.51. The summed E-state index contributed by atoms with van der Waals surface area (Å²) in [5.41, 5.74) is 3.60. The Morgan fingerprint density at radius 2 is 1.89 bits per heavy atom. The number of likely N-dealkylation sites (tertiary alicyclic amines) is 1. The van der Waals surface area contributed by atoms with Gasteiger partial charge in [-0.3, -0.25) is 19.9 Å². The van der Waals surface area contributed by atoms with Crippen LogP contribution in [0.3, 0.4) is 0 Å². The van der Waals surface area contributed by atoms with Crippen LogP contribution in [0.1, 0.15) is 43.4 Å². The van der Waals surface area contributed by atoms with Crippen molar-refractivity contribution in [2.45, 2.75) is 44.2 Å². The fourth-order valence-corrected chi connectivity index (χ4v) is 5.00. The zero-order chi connectivity index (χ0) is 24.4. The summed E-state index contributed by atoms with van der Waals surface area (Å²) in [5.74, 6) is 0.608. The van der Waals surface area contributed by atoms with Crippen LogP contribution in [0.15, 0.2) is 48.5 Å². The summed E-state index contributed by atoms with van der Waals surface area (Å²) in [7, 11) is 0. The quantitative estimate of drug-likeness (QED) is 0.594. The molecule has 2 saturated heterocycles. The number of carbonyl (C=O) groups excluding carboxylic acids is 3. The number of ether oxygens (including phenoxy) is 2.